The van der Waals surface area contributed by atoms with Crippen molar-refractivity contribution in [3.05, 3.63) is 47.3 Å². The molecule has 0 unspecified atom stereocenters. The van der Waals surface area contributed by atoms with Gasteiger partial charge in [0.05, 0.1) is 5.52 Å². The van der Waals surface area contributed by atoms with Crippen LogP contribution >= 0.6 is 0 Å². The number of nitrogens with zero attached hydrogens (tertiary/aromatic N) is 1. The first-order chi connectivity index (χ1) is 10.3. The van der Waals surface area contributed by atoms with Crippen molar-refractivity contribution in [2.45, 2.75) is 0 Å². The minimum absolute atomic E-state index is 0.00891. The fourth-order valence-corrected chi connectivity index (χ4v) is 3.15. The van der Waals surface area contributed by atoms with Crippen LogP contribution in [0.3, 0.4) is 0 Å². The molecule has 1 aliphatic heterocycles. The Morgan fingerprint density at radius 2 is 2.10 bits per heavy atom. The molecule has 0 N–H and O–H groups in total. The van der Waals surface area contributed by atoms with Crippen molar-refractivity contribution < 1.29 is 14.3 Å². The molecule has 0 fully saturated rings. The highest BCUT2D eigenvalue weighted by Gasteiger charge is 2.22. The van der Waals surface area contributed by atoms with E-state index < -0.39 is 0 Å². The summed E-state index contributed by atoms with van der Waals surface area (Å²) in [5.41, 5.74) is 1.49. The number of rotatable bonds is 0. The van der Waals surface area contributed by atoms with Gasteiger partial charge in [0.2, 0.25) is 6.79 Å². The molecule has 21 heavy (non-hydrogen) atoms. The smallest absolute Gasteiger partial charge is 0.231 e. The summed E-state index contributed by atoms with van der Waals surface area (Å²) in [6.07, 6.45) is 7.05. The van der Waals surface area contributed by atoms with Gasteiger partial charge in [-0.15, -0.1) is 0 Å². The molecule has 1 aromatic heterocycles. The summed E-state index contributed by atoms with van der Waals surface area (Å²) < 4.78 is 11.1. The zero-order valence-corrected chi connectivity index (χ0v) is 10.9. The van der Waals surface area contributed by atoms with Crippen LogP contribution in [0.5, 0.6) is 11.5 Å². The van der Waals surface area contributed by atoms with Crippen LogP contribution in [0.4, 0.5) is 0 Å². The zero-order chi connectivity index (χ0) is 14.0. The Balaban J connectivity index is 2.12. The maximum Gasteiger partial charge on any atom is 0.231 e. The van der Waals surface area contributed by atoms with Crippen molar-refractivity contribution in [2.75, 3.05) is 6.79 Å². The molecule has 3 aromatic rings. The second-order valence-electron chi connectivity index (χ2n) is 5.14. The Hall–Kier alpha value is -2.88. The highest BCUT2D eigenvalue weighted by Crippen LogP contribution is 2.42. The summed E-state index contributed by atoms with van der Waals surface area (Å²) >= 11 is 0. The third kappa shape index (κ3) is 1.29. The molecular weight excluding hydrogens is 266 g/mol. The molecule has 4 heteroatoms. The number of allylic oxidation sites excluding steroid dienone is 2. The maximum atomic E-state index is 12.1. The van der Waals surface area contributed by atoms with Gasteiger partial charge in [0, 0.05) is 22.5 Å². The Kier molecular flexibility index (Phi) is 1.86. The van der Waals surface area contributed by atoms with Crippen LogP contribution in [-0.2, 0) is 0 Å². The van der Waals surface area contributed by atoms with Gasteiger partial charge in [-0.05, 0) is 34.9 Å². The molecule has 0 saturated carbocycles. The van der Waals surface area contributed by atoms with E-state index in [4.69, 9.17) is 9.47 Å². The molecule has 1 aliphatic carbocycles. The van der Waals surface area contributed by atoms with E-state index in [1.165, 1.54) is 0 Å². The largest absolute Gasteiger partial charge is 0.454 e. The summed E-state index contributed by atoms with van der Waals surface area (Å²) in [4.78, 5) is 16.5. The van der Waals surface area contributed by atoms with E-state index in [0.29, 0.717) is 5.56 Å². The number of carbonyl (C=O) groups excluding carboxylic acids is 1. The van der Waals surface area contributed by atoms with Gasteiger partial charge < -0.3 is 9.47 Å². The van der Waals surface area contributed by atoms with Gasteiger partial charge in [-0.1, -0.05) is 12.2 Å². The van der Waals surface area contributed by atoms with Crippen molar-refractivity contribution in [3.63, 3.8) is 0 Å². The number of ketones is 1. The van der Waals surface area contributed by atoms with E-state index in [-0.39, 0.29) is 12.6 Å². The van der Waals surface area contributed by atoms with E-state index in [9.17, 15) is 4.79 Å². The first-order valence-corrected chi connectivity index (χ1v) is 6.69. The molecule has 100 valence electrons. The number of hydrogen-bond acceptors (Lipinski definition) is 4. The van der Waals surface area contributed by atoms with E-state index >= 15 is 0 Å². The predicted octanol–water partition coefficient (Wildman–Crippen LogP) is 2.37. The summed E-state index contributed by atoms with van der Waals surface area (Å²) in [7, 11) is 0. The van der Waals surface area contributed by atoms with Crippen molar-refractivity contribution in [2.24, 2.45) is 0 Å². The van der Waals surface area contributed by atoms with Gasteiger partial charge in [-0.2, -0.15) is 0 Å². The average molecular weight is 275 g/mol. The molecule has 0 saturated heterocycles. The van der Waals surface area contributed by atoms with Crippen molar-refractivity contribution >= 4 is 33.5 Å². The molecule has 5 rings (SSSR count). The van der Waals surface area contributed by atoms with Crippen LogP contribution in [0.25, 0.3) is 27.8 Å². The number of carbonyl (C=O) groups is 1. The van der Waals surface area contributed by atoms with E-state index in [1.807, 2.05) is 24.3 Å². The van der Waals surface area contributed by atoms with Crippen molar-refractivity contribution in [1.82, 2.24) is 4.98 Å². The first-order valence-electron chi connectivity index (χ1n) is 6.69. The van der Waals surface area contributed by atoms with Gasteiger partial charge in [-0.25, -0.2) is 0 Å². The molecule has 0 spiro atoms. The molecule has 2 aliphatic rings. The summed E-state index contributed by atoms with van der Waals surface area (Å²) in [6.45, 7) is 0.226. The summed E-state index contributed by atoms with van der Waals surface area (Å²) in [6, 6.07) is 5.73. The Bertz CT molecular complexity index is 1030. The average Bonchev–Trinajstić information content (AvgIpc) is 2.97. The van der Waals surface area contributed by atoms with E-state index in [2.05, 4.69) is 4.98 Å². The van der Waals surface area contributed by atoms with Gasteiger partial charge in [0.15, 0.2) is 17.3 Å². The van der Waals surface area contributed by atoms with Crippen LogP contribution in [0.1, 0.15) is 10.4 Å². The second kappa shape index (κ2) is 3.61. The lowest BCUT2D eigenvalue weighted by molar-refractivity contribution is 0.104. The number of aromatic nitrogens is 1. The SMILES string of the molecule is O=C1C=CC=c2c1cc1nccc3c4c(cc2c13)OCO4. The van der Waals surface area contributed by atoms with Gasteiger partial charge in [0.1, 0.15) is 0 Å². The van der Waals surface area contributed by atoms with Gasteiger partial charge >= 0.3 is 0 Å². The monoisotopic (exact) mass is 275 g/mol. The highest BCUT2D eigenvalue weighted by atomic mass is 16.7. The minimum atomic E-state index is 0.00891. The molecular formula is C17H9NO3. The first kappa shape index (κ1) is 10.9. The molecule has 0 atom stereocenters. The molecule has 2 heterocycles. The second-order valence-corrected chi connectivity index (χ2v) is 5.14. The number of benzene rings is 2. The van der Waals surface area contributed by atoms with E-state index in [1.54, 1.807) is 18.3 Å². The molecule has 0 bridgehead atoms. The Labute approximate surface area is 119 Å². The normalized spacial score (nSPS) is 15.5. The lowest BCUT2D eigenvalue weighted by Gasteiger charge is -2.12. The van der Waals surface area contributed by atoms with Crippen LogP contribution in [0, 0.1) is 0 Å². The Morgan fingerprint density at radius 1 is 1.14 bits per heavy atom. The van der Waals surface area contributed by atoms with Gasteiger partial charge in [0.25, 0.3) is 0 Å². The number of ether oxygens (including phenoxy) is 2. The fourth-order valence-electron chi connectivity index (χ4n) is 3.15. The molecule has 2 aromatic carbocycles. The Morgan fingerprint density at radius 3 is 3.05 bits per heavy atom. The third-order valence-corrected chi connectivity index (χ3v) is 4.05. The minimum Gasteiger partial charge on any atom is -0.454 e. The molecule has 0 radical (unpaired) electrons. The predicted molar refractivity (Wildman–Crippen MR) is 78.5 cm³/mol. The van der Waals surface area contributed by atoms with Crippen LogP contribution in [0.2, 0.25) is 0 Å². The van der Waals surface area contributed by atoms with Crippen LogP contribution < -0.4 is 14.7 Å². The third-order valence-electron chi connectivity index (χ3n) is 4.05. The summed E-state index contributed by atoms with van der Waals surface area (Å²) in [5, 5.41) is 3.89. The zero-order valence-electron chi connectivity index (χ0n) is 10.9. The van der Waals surface area contributed by atoms with Crippen LogP contribution in [0.15, 0.2) is 36.5 Å². The lowest BCUT2D eigenvalue weighted by atomic mass is 9.94. The molecule has 0 amide bonds. The molecule has 4 nitrogen and oxygen atoms in total. The van der Waals surface area contributed by atoms with E-state index in [0.717, 1.165) is 38.4 Å². The quantitative estimate of drug-likeness (QED) is 0.632. The van der Waals surface area contributed by atoms with Crippen molar-refractivity contribution in [1.29, 1.82) is 0 Å². The number of pyridine rings is 1. The topological polar surface area (TPSA) is 48.4 Å². The summed E-state index contributed by atoms with van der Waals surface area (Å²) in [5.74, 6) is 1.49. The van der Waals surface area contributed by atoms with Crippen LogP contribution in [-0.4, -0.2) is 17.6 Å². The maximum absolute atomic E-state index is 12.1. The number of fused-ring (bicyclic) bond motifs is 4. The van der Waals surface area contributed by atoms with Crippen molar-refractivity contribution in [3.8, 4) is 11.5 Å². The van der Waals surface area contributed by atoms with Gasteiger partial charge in [-0.3, -0.25) is 9.78 Å². The highest BCUT2D eigenvalue weighted by molar-refractivity contribution is 6.18. The standard InChI is InChI=1S/C17H9NO3/c19-14-3-1-2-9-11(14)6-13-16-10(4-5-18-13)17-15(7-12(9)16)20-8-21-17/h1-7H,8H2. The lowest BCUT2D eigenvalue weighted by Crippen LogP contribution is -2.17. The fraction of sp³-hybridized carbons (Fsp3) is 0.0588. The number of hydrogen-bond donors (Lipinski definition) is 0.